The highest BCUT2D eigenvalue weighted by Crippen LogP contribution is 2.36. The first-order chi connectivity index (χ1) is 11.1. The van der Waals surface area contributed by atoms with E-state index in [1.807, 2.05) is 13.0 Å². The zero-order valence-corrected chi connectivity index (χ0v) is 14.0. The number of nitro groups is 1. The van der Waals surface area contributed by atoms with E-state index in [9.17, 15) is 10.1 Å². The lowest BCUT2D eigenvalue weighted by atomic mass is 9.98. The molecule has 0 unspecified atom stereocenters. The molecule has 0 saturated carbocycles. The number of benzene rings is 1. The molecule has 0 bridgehead atoms. The van der Waals surface area contributed by atoms with Gasteiger partial charge in [0.25, 0.3) is 0 Å². The first-order valence-electron chi connectivity index (χ1n) is 8.48. The van der Waals surface area contributed by atoms with Gasteiger partial charge >= 0.3 is 5.69 Å². The number of methoxy groups -OCH3 is 1. The van der Waals surface area contributed by atoms with E-state index in [0.29, 0.717) is 11.8 Å². The summed E-state index contributed by atoms with van der Waals surface area (Å²) >= 11 is 0. The summed E-state index contributed by atoms with van der Waals surface area (Å²) in [6, 6.07) is 4.15. The number of anilines is 1. The topological polar surface area (TPSA) is 58.9 Å². The predicted molar refractivity (Wildman–Crippen MR) is 90.5 cm³/mol. The molecule has 3 rings (SSSR count). The van der Waals surface area contributed by atoms with Crippen LogP contribution in [0.3, 0.4) is 0 Å². The molecule has 0 aromatic heterocycles. The highest BCUT2D eigenvalue weighted by Gasteiger charge is 2.30. The lowest BCUT2D eigenvalue weighted by Gasteiger charge is -2.45. The zero-order valence-electron chi connectivity index (χ0n) is 14.0. The first kappa shape index (κ1) is 16.1. The number of aryl methyl sites for hydroxylation is 1. The second kappa shape index (κ2) is 6.74. The Balaban J connectivity index is 1.90. The second-order valence-electron chi connectivity index (χ2n) is 6.40. The third-order valence-electron chi connectivity index (χ3n) is 5.14. The summed E-state index contributed by atoms with van der Waals surface area (Å²) in [6.07, 6.45) is 4.65. The van der Waals surface area contributed by atoms with E-state index in [2.05, 4.69) is 9.80 Å². The minimum Gasteiger partial charge on any atom is -0.490 e. The summed E-state index contributed by atoms with van der Waals surface area (Å²) in [5.41, 5.74) is 2.19. The van der Waals surface area contributed by atoms with Crippen molar-refractivity contribution in [2.75, 3.05) is 38.2 Å². The zero-order chi connectivity index (χ0) is 16.4. The number of ether oxygens (including phenoxy) is 1. The summed E-state index contributed by atoms with van der Waals surface area (Å²) in [4.78, 5) is 15.8. The lowest BCUT2D eigenvalue weighted by Crippen LogP contribution is -2.55. The highest BCUT2D eigenvalue weighted by molar-refractivity contribution is 5.65. The Bertz CT molecular complexity index is 591. The molecule has 2 aliphatic rings. The summed E-state index contributed by atoms with van der Waals surface area (Å²) in [5, 5.41) is 11.2. The largest absolute Gasteiger partial charge is 0.490 e. The van der Waals surface area contributed by atoms with Crippen molar-refractivity contribution in [2.45, 2.75) is 38.6 Å². The maximum Gasteiger partial charge on any atom is 0.311 e. The van der Waals surface area contributed by atoms with E-state index in [0.717, 1.165) is 37.3 Å². The van der Waals surface area contributed by atoms with Gasteiger partial charge in [-0.15, -0.1) is 0 Å². The molecule has 0 radical (unpaired) electrons. The standard InChI is InChI=1S/C17H25N3O3/c1-3-13-10-16(20(21)22)17(23-2)11-15(13)19-9-8-18-7-5-4-6-14(18)12-19/h10-11,14H,3-9,12H2,1-2H3/t14-/m1/s1. The minimum atomic E-state index is -0.360. The van der Waals surface area contributed by atoms with Crippen LogP contribution < -0.4 is 9.64 Å². The van der Waals surface area contributed by atoms with Crippen LogP contribution >= 0.6 is 0 Å². The van der Waals surface area contributed by atoms with Gasteiger partial charge in [-0.2, -0.15) is 0 Å². The van der Waals surface area contributed by atoms with Gasteiger partial charge in [-0.1, -0.05) is 13.3 Å². The Labute approximate surface area is 137 Å². The maximum atomic E-state index is 11.2. The van der Waals surface area contributed by atoms with E-state index in [1.165, 1.54) is 32.9 Å². The van der Waals surface area contributed by atoms with Crippen LogP contribution in [0.1, 0.15) is 31.7 Å². The molecule has 0 N–H and O–H groups in total. The molecule has 2 aliphatic heterocycles. The summed E-state index contributed by atoms with van der Waals surface area (Å²) in [7, 11) is 1.50. The Kier molecular flexibility index (Phi) is 4.71. The molecule has 23 heavy (non-hydrogen) atoms. The molecule has 2 saturated heterocycles. The molecule has 0 spiro atoms. The van der Waals surface area contributed by atoms with Crippen molar-refractivity contribution in [1.29, 1.82) is 0 Å². The van der Waals surface area contributed by atoms with Crippen LogP contribution in [0.2, 0.25) is 0 Å². The summed E-state index contributed by atoms with van der Waals surface area (Å²) in [6.45, 7) is 6.32. The summed E-state index contributed by atoms with van der Waals surface area (Å²) < 4.78 is 5.27. The lowest BCUT2D eigenvalue weighted by molar-refractivity contribution is -0.385. The molecule has 1 aromatic carbocycles. The van der Waals surface area contributed by atoms with Crippen LogP contribution in [-0.2, 0) is 6.42 Å². The quantitative estimate of drug-likeness (QED) is 0.631. The van der Waals surface area contributed by atoms with Gasteiger partial charge in [-0.3, -0.25) is 15.0 Å². The highest BCUT2D eigenvalue weighted by atomic mass is 16.6. The summed E-state index contributed by atoms with van der Waals surface area (Å²) in [5.74, 6) is 0.355. The molecule has 0 amide bonds. The van der Waals surface area contributed by atoms with Crippen LogP contribution in [0, 0.1) is 10.1 Å². The van der Waals surface area contributed by atoms with Gasteiger partial charge in [-0.05, 0) is 31.4 Å². The fraction of sp³-hybridized carbons (Fsp3) is 0.647. The van der Waals surface area contributed by atoms with Gasteiger partial charge in [0, 0.05) is 43.5 Å². The molecule has 126 valence electrons. The monoisotopic (exact) mass is 319 g/mol. The van der Waals surface area contributed by atoms with Crippen molar-refractivity contribution in [2.24, 2.45) is 0 Å². The van der Waals surface area contributed by atoms with Crippen molar-refractivity contribution in [3.05, 3.63) is 27.8 Å². The van der Waals surface area contributed by atoms with Crippen LogP contribution in [0.15, 0.2) is 12.1 Å². The number of nitro benzene ring substituents is 1. The number of rotatable bonds is 4. The van der Waals surface area contributed by atoms with Crippen LogP contribution in [-0.4, -0.2) is 49.2 Å². The van der Waals surface area contributed by atoms with E-state index in [-0.39, 0.29) is 10.6 Å². The molecule has 6 heteroatoms. The van der Waals surface area contributed by atoms with Crippen molar-refractivity contribution in [3.63, 3.8) is 0 Å². The Morgan fingerprint density at radius 3 is 2.83 bits per heavy atom. The molecule has 1 aromatic rings. The number of hydrogen-bond acceptors (Lipinski definition) is 5. The van der Waals surface area contributed by atoms with Gasteiger partial charge in [0.05, 0.1) is 12.0 Å². The number of piperidine rings is 1. The van der Waals surface area contributed by atoms with Crippen LogP contribution in [0.25, 0.3) is 0 Å². The van der Waals surface area contributed by atoms with Crippen LogP contribution in [0.4, 0.5) is 11.4 Å². The van der Waals surface area contributed by atoms with Crippen molar-refractivity contribution < 1.29 is 9.66 Å². The first-order valence-corrected chi connectivity index (χ1v) is 8.48. The molecule has 1 atom stereocenters. The average molecular weight is 319 g/mol. The minimum absolute atomic E-state index is 0.0596. The number of fused-ring (bicyclic) bond motifs is 1. The molecular formula is C17H25N3O3. The fourth-order valence-corrected chi connectivity index (χ4v) is 3.86. The van der Waals surface area contributed by atoms with Gasteiger partial charge in [0.2, 0.25) is 0 Å². The normalized spacial score (nSPS) is 21.8. The SMILES string of the molecule is CCc1cc([N+](=O)[O-])c(OC)cc1N1CCN2CCCC[C@@H]2C1. The maximum absolute atomic E-state index is 11.2. The van der Waals surface area contributed by atoms with E-state index >= 15 is 0 Å². The third-order valence-corrected chi connectivity index (χ3v) is 5.14. The van der Waals surface area contributed by atoms with Gasteiger partial charge in [0.1, 0.15) is 0 Å². The molecule has 6 nitrogen and oxygen atoms in total. The van der Waals surface area contributed by atoms with Gasteiger partial charge in [0.15, 0.2) is 5.75 Å². The second-order valence-corrected chi connectivity index (χ2v) is 6.40. The number of nitrogens with zero attached hydrogens (tertiary/aromatic N) is 3. The third kappa shape index (κ3) is 3.13. The average Bonchev–Trinajstić information content (AvgIpc) is 2.59. The Morgan fingerprint density at radius 1 is 1.30 bits per heavy atom. The Hall–Kier alpha value is -1.82. The smallest absolute Gasteiger partial charge is 0.311 e. The molecular weight excluding hydrogens is 294 g/mol. The van der Waals surface area contributed by atoms with Crippen molar-refractivity contribution >= 4 is 11.4 Å². The molecule has 2 fully saturated rings. The predicted octanol–water partition coefficient (Wildman–Crippen LogP) is 2.84. The van der Waals surface area contributed by atoms with Gasteiger partial charge < -0.3 is 9.64 Å². The molecule has 0 aliphatic carbocycles. The van der Waals surface area contributed by atoms with Crippen molar-refractivity contribution in [1.82, 2.24) is 4.90 Å². The number of piperazine rings is 1. The van der Waals surface area contributed by atoms with E-state index in [1.54, 1.807) is 6.07 Å². The molecule has 2 heterocycles. The Morgan fingerprint density at radius 2 is 2.13 bits per heavy atom. The van der Waals surface area contributed by atoms with Crippen LogP contribution in [0.5, 0.6) is 5.75 Å². The number of hydrogen-bond donors (Lipinski definition) is 0. The fourth-order valence-electron chi connectivity index (χ4n) is 3.86. The van der Waals surface area contributed by atoms with Crippen molar-refractivity contribution in [3.8, 4) is 5.75 Å². The van der Waals surface area contributed by atoms with E-state index < -0.39 is 0 Å². The van der Waals surface area contributed by atoms with Gasteiger partial charge in [-0.25, -0.2) is 0 Å². The van der Waals surface area contributed by atoms with E-state index in [4.69, 9.17) is 4.74 Å².